The van der Waals surface area contributed by atoms with E-state index in [1.165, 1.54) is 64.2 Å². The predicted molar refractivity (Wildman–Crippen MR) is 262 cm³/mol. The van der Waals surface area contributed by atoms with Crippen LogP contribution in [0.5, 0.6) is 0 Å². The molecule has 1 amide bonds. The van der Waals surface area contributed by atoms with Crippen molar-refractivity contribution < 1.29 is 15.0 Å². The minimum absolute atomic E-state index is 0.113. The van der Waals surface area contributed by atoms with E-state index in [0.717, 1.165) is 103 Å². The molecule has 0 aliphatic carbocycles. The summed E-state index contributed by atoms with van der Waals surface area (Å²) in [4.78, 5) is 12.4. The Hall–Kier alpha value is -3.47. The van der Waals surface area contributed by atoms with Crippen molar-refractivity contribution >= 4 is 5.91 Å². The van der Waals surface area contributed by atoms with E-state index in [1.54, 1.807) is 6.08 Å². The van der Waals surface area contributed by atoms with Crippen molar-refractivity contribution in [3.8, 4) is 0 Å². The summed E-state index contributed by atoms with van der Waals surface area (Å²) in [5.74, 6) is -0.113. The molecule has 0 aromatic carbocycles. The van der Waals surface area contributed by atoms with Crippen LogP contribution >= 0.6 is 0 Å². The molecule has 0 saturated carbocycles. The molecule has 0 heterocycles. The molecule has 4 nitrogen and oxygen atoms in total. The third-order valence-electron chi connectivity index (χ3n) is 9.87. The quantitative estimate of drug-likeness (QED) is 0.0425. The highest BCUT2D eigenvalue weighted by molar-refractivity contribution is 5.76. The lowest BCUT2D eigenvalue weighted by atomic mass is 10.1. The lowest BCUT2D eigenvalue weighted by molar-refractivity contribution is -0.123. The van der Waals surface area contributed by atoms with E-state index in [0.29, 0.717) is 6.42 Å². The van der Waals surface area contributed by atoms with Gasteiger partial charge in [0.05, 0.1) is 18.8 Å². The molecule has 0 fully saturated rings. The first kappa shape index (κ1) is 55.5. The van der Waals surface area contributed by atoms with Crippen molar-refractivity contribution in [1.29, 1.82) is 0 Å². The second kappa shape index (κ2) is 48.9. The van der Waals surface area contributed by atoms with Crippen LogP contribution in [0.1, 0.15) is 187 Å². The molecule has 0 radical (unpaired) electrons. The summed E-state index contributed by atoms with van der Waals surface area (Å²) in [5.41, 5.74) is 0. The molecule has 0 aromatic rings. The number of aliphatic hydroxyl groups is 2. The fraction of sp³-hybridized carbons (Fsp3) is 0.582. The smallest absolute Gasteiger partial charge is 0.220 e. The van der Waals surface area contributed by atoms with Gasteiger partial charge >= 0.3 is 0 Å². The molecule has 0 bridgehead atoms. The van der Waals surface area contributed by atoms with E-state index in [2.05, 4.69) is 141 Å². The fourth-order valence-corrected chi connectivity index (χ4v) is 6.24. The molecular weight excluding hydrogens is 723 g/mol. The van der Waals surface area contributed by atoms with Crippen molar-refractivity contribution in [2.24, 2.45) is 0 Å². The second-order valence-corrected chi connectivity index (χ2v) is 15.4. The van der Waals surface area contributed by atoms with Gasteiger partial charge in [-0.2, -0.15) is 0 Å². The van der Waals surface area contributed by atoms with Crippen LogP contribution in [0.25, 0.3) is 0 Å². The first-order valence-corrected chi connectivity index (χ1v) is 23.9. The standard InChI is InChI=1S/C55H89NO3/c1-3-5-7-9-11-13-15-17-19-21-22-23-24-25-26-27-28-29-30-31-32-33-34-35-37-39-41-43-45-47-49-51-55(59)56-53(52-57)54(58)50-48-46-44-42-40-38-36-20-18-16-14-12-10-8-6-4-2/h5,7,11,13,17,19,22-23,25-26,28-29,31-32,34-35,39-42,48,50,53-54,57-58H,3-4,6,8-10,12,14-16,18,20-21,24,27,30,33,36-38,43-47,49,51-52H2,1-2H3,(H,56,59)/b7-5-,13-11-,19-17-,23-22-,26-25-,29-28-,32-31-,35-34-,41-39-,42-40+,50-48+. The Balaban J connectivity index is 3.77. The molecule has 2 atom stereocenters. The van der Waals surface area contributed by atoms with Gasteiger partial charge in [-0.05, 0) is 103 Å². The Kier molecular flexibility index (Phi) is 46.0. The van der Waals surface area contributed by atoms with E-state index >= 15 is 0 Å². The molecule has 2 unspecified atom stereocenters. The van der Waals surface area contributed by atoms with Crippen LogP contribution in [-0.2, 0) is 4.79 Å². The third-order valence-corrected chi connectivity index (χ3v) is 9.87. The number of amides is 1. The molecular formula is C55H89NO3. The summed E-state index contributed by atoms with van der Waals surface area (Å²) in [6.45, 7) is 4.15. The zero-order valence-electron chi connectivity index (χ0n) is 38.0. The van der Waals surface area contributed by atoms with E-state index in [4.69, 9.17) is 0 Å². The average Bonchev–Trinajstić information content (AvgIpc) is 3.24. The van der Waals surface area contributed by atoms with Crippen molar-refractivity contribution in [3.05, 3.63) is 134 Å². The van der Waals surface area contributed by atoms with E-state index in [9.17, 15) is 15.0 Å². The number of allylic oxidation sites excluding steroid dienone is 21. The Labute approximate surface area is 364 Å². The number of rotatable bonds is 41. The number of carbonyl (C=O) groups is 1. The topological polar surface area (TPSA) is 69.6 Å². The van der Waals surface area contributed by atoms with Gasteiger partial charge in [-0.1, -0.05) is 212 Å². The predicted octanol–water partition coefficient (Wildman–Crippen LogP) is 15.5. The minimum Gasteiger partial charge on any atom is -0.394 e. The van der Waals surface area contributed by atoms with Crippen molar-refractivity contribution in [2.45, 2.75) is 199 Å². The molecule has 4 heteroatoms. The maximum atomic E-state index is 12.4. The Morgan fingerprint density at radius 2 is 0.763 bits per heavy atom. The number of unbranched alkanes of at least 4 members (excludes halogenated alkanes) is 14. The SMILES string of the molecule is CC/C=C\C/C=C\C/C=C\C/C=C\C/C=C\C/C=C\C/C=C\C/C=C\C/C=C\CCCCCC(=O)NC(CO)C(O)/C=C/CC/C=C/CCCCCCCCCCCC. The first-order valence-electron chi connectivity index (χ1n) is 23.9. The van der Waals surface area contributed by atoms with Crippen LogP contribution in [-0.4, -0.2) is 34.9 Å². The summed E-state index contributed by atoms with van der Waals surface area (Å²) in [6, 6.07) is -0.667. The number of carbonyl (C=O) groups excluding carboxylic acids is 1. The van der Waals surface area contributed by atoms with Gasteiger partial charge < -0.3 is 15.5 Å². The van der Waals surface area contributed by atoms with Gasteiger partial charge in [-0.3, -0.25) is 4.79 Å². The largest absolute Gasteiger partial charge is 0.394 e. The zero-order valence-corrected chi connectivity index (χ0v) is 38.0. The minimum atomic E-state index is -0.886. The number of hydrogen-bond acceptors (Lipinski definition) is 3. The highest BCUT2D eigenvalue weighted by Gasteiger charge is 2.17. The van der Waals surface area contributed by atoms with Crippen molar-refractivity contribution in [2.75, 3.05) is 6.61 Å². The van der Waals surface area contributed by atoms with Crippen molar-refractivity contribution in [1.82, 2.24) is 5.32 Å². The van der Waals surface area contributed by atoms with Crippen LogP contribution < -0.4 is 5.32 Å². The summed E-state index contributed by atoms with van der Waals surface area (Å²) in [6.07, 6.45) is 77.1. The van der Waals surface area contributed by atoms with Gasteiger partial charge in [0.15, 0.2) is 0 Å². The molecule has 0 aliphatic rings. The highest BCUT2D eigenvalue weighted by Crippen LogP contribution is 2.12. The van der Waals surface area contributed by atoms with Gasteiger partial charge in [-0.25, -0.2) is 0 Å². The second-order valence-electron chi connectivity index (χ2n) is 15.4. The molecule has 0 rings (SSSR count). The van der Waals surface area contributed by atoms with Gasteiger partial charge in [0.1, 0.15) is 0 Å². The van der Waals surface area contributed by atoms with Gasteiger partial charge in [-0.15, -0.1) is 0 Å². The number of nitrogens with one attached hydrogen (secondary N) is 1. The van der Waals surface area contributed by atoms with Crippen LogP contribution in [0, 0.1) is 0 Å². The van der Waals surface area contributed by atoms with Crippen LogP contribution in [0.3, 0.4) is 0 Å². The maximum Gasteiger partial charge on any atom is 0.220 e. The molecule has 59 heavy (non-hydrogen) atoms. The number of aliphatic hydroxyl groups excluding tert-OH is 2. The molecule has 0 aromatic heterocycles. The maximum absolute atomic E-state index is 12.4. The summed E-state index contributed by atoms with van der Waals surface area (Å²) in [7, 11) is 0. The Bertz CT molecular complexity index is 1240. The number of hydrogen-bond donors (Lipinski definition) is 3. The summed E-state index contributed by atoms with van der Waals surface area (Å²) < 4.78 is 0. The van der Waals surface area contributed by atoms with Crippen LogP contribution in [0.2, 0.25) is 0 Å². The highest BCUT2D eigenvalue weighted by atomic mass is 16.3. The zero-order chi connectivity index (χ0) is 42.8. The van der Waals surface area contributed by atoms with Crippen LogP contribution in [0.15, 0.2) is 134 Å². The van der Waals surface area contributed by atoms with E-state index < -0.39 is 12.1 Å². The first-order chi connectivity index (χ1) is 29.2. The fourth-order valence-electron chi connectivity index (χ4n) is 6.24. The molecule has 332 valence electrons. The Morgan fingerprint density at radius 3 is 1.19 bits per heavy atom. The normalized spacial score (nSPS) is 14.2. The van der Waals surface area contributed by atoms with E-state index in [-0.39, 0.29) is 12.5 Å². The lowest BCUT2D eigenvalue weighted by Gasteiger charge is -2.19. The summed E-state index contributed by atoms with van der Waals surface area (Å²) in [5, 5.41) is 23.0. The molecule has 3 N–H and O–H groups in total. The third kappa shape index (κ3) is 45.5. The van der Waals surface area contributed by atoms with Crippen LogP contribution in [0.4, 0.5) is 0 Å². The van der Waals surface area contributed by atoms with Crippen molar-refractivity contribution in [3.63, 3.8) is 0 Å². The Morgan fingerprint density at radius 1 is 0.424 bits per heavy atom. The van der Waals surface area contributed by atoms with Gasteiger partial charge in [0.2, 0.25) is 5.91 Å². The van der Waals surface area contributed by atoms with Gasteiger partial charge in [0, 0.05) is 6.42 Å². The monoisotopic (exact) mass is 812 g/mol. The molecule has 0 saturated heterocycles. The molecule has 0 spiro atoms. The summed E-state index contributed by atoms with van der Waals surface area (Å²) >= 11 is 0. The molecule has 0 aliphatic heterocycles. The van der Waals surface area contributed by atoms with Gasteiger partial charge in [0.25, 0.3) is 0 Å². The van der Waals surface area contributed by atoms with E-state index in [1.807, 2.05) is 6.08 Å². The lowest BCUT2D eigenvalue weighted by Crippen LogP contribution is -2.45. The average molecular weight is 812 g/mol.